The van der Waals surface area contributed by atoms with Crippen LogP contribution in [0.2, 0.25) is 0 Å². The summed E-state index contributed by atoms with van der Waals surface area (Å²) in [5.41, 5.74) is 5.10. The molecule has 0 spiro atoms. The predicted octanol–water partition coefficient (Wildman–Crippen LogP) is 5.08. The van der Waals surface area contributed by atoms with Gasteiger partial charge >= 0.3 is 0 Å². The molecule has 1 aromatic carbocycles. The van der Waals surface area contributed by atoms with Crippen molar-refractivity contribution in [3.8, 4) is 11.3 Å². The molecule has 1 fully saturated rings. The Morgan fingerprint density at radius 3 is 2.66 bits per heavy atom. The number of likely N-dealkylation sites (tertiary alicyclic amines) is 1. The van der Waals surface area contributed by atoms with Crippen LogP contribution in [0.1, 0.15) is 29.7 Å². The molecule has 0 aliphatic carbocycles. The number of rotatable bonds is 6. The van der Waals surface area contributed by atoms with Gasteiger partial charge in [-0.25, -0.2) is 13.3 Å². The van der Waals surface area contributed by atoms with Gasteiger partial charge in [-0.1, -0.05) is 18.2 Å². The Bertz CT molecular complexity index is 1530. The zero-order valence-electron chi connectivity index (χ0n) is 21.0. The molecule has 1 saturated heterocycles. The fraction of sp³-hybridized carbons (Fsp3) is 0.241. The van der Waals surface area contributed by atoms with E-state index in [0.29, 0.717) is 17.7 Å². The molecule has 38 heavy (non-hydrogen) atoms. The Labute approximate surface area is 219 Å². The Balaban J connectivity index is 0.000000158. The molecule has 1 aliphatic rings. The summed E-state index contributed by atoms with van der Waals surface area (Å²) < 4.78 is 30.2. The van der Waals surface area contributed by atoms with Gasteiger partial charge in [0.1, 0.15) is 11.6 Å². The van der Waals surface area contributed by atoms with Crippen LogP contribution in [-0.4, -0.2) is 48.3 Å². The van der Waals surface area contributed by atoms with E-state index in [1.54, 1.807) is 28.9 Å². The number of benzene rings is 1. The molecule has 0 radical (unpaired) electrons. The molecular formula is C29H28F2N6O. The minimum Gasteiger partial charge on any atom is -0.340 e. The lowest BCUT2D eigenvalue weighted by molar-refractivity contribution is -0.119. The smallest absolute Gasteiger partial charge is 0.210 e. The fourth-order valence-corrected chi connectivity index (χ4v) is 4.76. The van der Waals surface area contributed by atoms with E-state index in [9.17, 15) is 13.6 Å². The van der Waals surface area contributed by atoms with Gasteiger partial charge in [-0.2, -0.15) is 10.2 Å². The standard InChI is InChI=1S/C15H17FN4O.C14H11FN2/c16-13-3-4-14(17-8-13)6-12-7-18-20(9-12)10-15-2-1-5-19(15)11-21;1-10-13-8-4-5-9-17(13)16-14(10)11-6-2-3-7-12(11)15/h3-4,7-9,11,15H,1-2,5-6,10H2;2-9H,1H3. The van der Waals surface area contributed by atoms with Crippen LogP contribution in [0.5, 0.6) is 0 Å². The molecule has 0 bridgehead atoms. The van der Waals surface area contributed by atoms with E-state index in [1.165, 1.54) is 18.3 Å². The van der Waals surface area contributed by atoms with E-state index >= 15 is 0 Å². The van der Waals surface area contributed by atoms with Crippen molar-refractivity contribution in [2.75, 3.05) is 6.54 Å². The van der Waals surface area contributed by atoms with Gasteiger partial charge in [0.25, 0.3) is 0 Å². The lowest BCUT2D eigenvalue weighted by atomic mass is 10.1. The van der Waals surface area contributed by atoms with Crippen LogP contribution < -0.4 is 0 Å². The number of pyridine rings is 2. The highest BCUT2D eigenvalue weighted by Crippen LogP contribution is 2.27. The molecule has 7 nitrogen and oxygen atoms in total. The molecule has 0 saturated carbocycles. The summed E-state index contributed by atoms with van der Waals surface area (Å²) in [5.74, 6) is -0.566. The molecule has 194 valence electrons. The summed E-state index contributed by atoms with van der Waals surface area (Å²) in [6.07, 6.45) is 10.5. The third kappa shape index (κ3) is 5.61. The van der Waals surface area contributed by atoms with Crippen LogP contribution in [0, 0.1) is 18.6 Å². The van der Waals surface area contributed by atoms with Gasteiger partial charge in [0, 0.05) is 42.2 Å². The van der Waals surface area contributed by atoms with E-state index in [0.717, 1.165) is 54.7 Å². The fourth-order valence-electron chi connectivity index (χ4n) is 4.76. The Kier molecular flexibility index (Phi) is 7.53. The quantitative estimate of drug-likeness (QED) is 0.297. The summed E-state index contributed by atoms with van der Waals surface area (Å²) in [6.45, 7) is 3.52. The summed E-state index contributed by atoms with van der Waals surface area (Å²) in [4.78, 5) is 16.8. The van der Waals surface area contributed by atoms with Gasteiger partial charge < -0.3 is 4.90 Å². The first-order chi connectivity index (χ1) is 18.5. The minimum atomic E-state index is -0.329. The second-order valence-corrected chi connectivity index (χ2v) is 9.34. The number of nitrogens with zero attached hydrogens (tertiary/aromatic N) is 6. The molecule has 5 heterocycles. The van der Waals surface area contributed by atoms with Crippen molar-refractivity contribution >= 4 is 11.9 Å². The number of halogens is 2. The monoisotopic (exact) mass is 514 g/mol. The van der Waals surface area contributed by atoms with Crippen LogP contribution in [0.4, 0.5) is 8.78 Å². The Morgan fingerprint density at radius 1 is 1.05 bits per heavy atom. The van der Waals surface area contributed by atoms with Crippen molar-refractivity contribution in [2.45, 2.75) is 38.8 Å². The van der Waals surface area contributed by atoms with E-state index in [2.05, 4.69) is 15.2 Å². The molecule has 1 amide bonds. The van der Waals surface area contributed by atoms with Crippen molar-refractivity contribution in [1.29, 1.82) is 0 Å². The van der Waals surface area contributed by atoms with Gasteiger partial charge in [0.15, 0.2) is 0 Å². The van der Waals surface area contributed by atoms with Crippen molar-refractivity contribution in [3.05, 3.63) is 108 Å². The number of carbonyl (C=O) groups excluding carboxylic acids is 1. The van der Waals surface area contributed by atoms with Gasteiger partial charge in [0.05, 0.1) is 36.2 Å². The molecule has 6 rings (SSSR count). The maximum atomic E-state index is 13.7. The first-order valence-electron chi connectivity index (χ1n) is 12.5. The summed E-state index contributed by atoms with van der Waals surface area (Å²) in [5, 5.41) is 8.75. The summed E-state index contributed by atoms with van der Waals surface area (Å²) in [7, 11) is 0. The molecule has 4 aromatic heterocycles. The zero-order valence-corrected chi connectivity index (χ0v) is 21.0. The van der Waals surface area contributed by atoms with Crippen LogP contribution in [0.25, 0.3) is 16.8 Å². The van der Waals surface area contributed by atoms with E-state index in [1.807, 2.05) is 53.2 Å². The lowest BCUT2D eigenvalue weighted by Crippen LogP contribution is -2.31. The van der Waals surface area contributed by atoms with Gasteiger partial charge in [-0.15, -0.1) is 0 Å². The Morgan fingerprint density at radius 2 is 1.89 bits per heavy atom. The average molecular weight is 515 g/mol. The highest BCUT2D eigenvalue weighted by atomic mass is 19.1. The number of aromatic nitrogens is 5. The number of amides is 1. The SMILES string of the molecule is Cc1c(-c2ccccc2F)nn2ccccc12.O=CN1CCCC1Cn1cc(Cc2ccc(F)cn2)cn1. The topological polar surface area (TPSA) is 68.3 Å². The van der Waals surface area contributed by atoms with E-state index in [4.69, 9.17) is 0 Å². The van der Waals surface area contributed by atoms with Crippen LogP contribution in [0.3, 0.4) is 0 Å². The number of hydrogen-bond donors (Lipinski definition) is 0. The van der Waals surface area contributed by atoms with Crippen molar-refractivity contribution in [2.24, 2.45) is 0 Å². The zero-order chi connectivity index (χ0) is 26.5. The first kappa shape index (κ1) is 25.3. The normalized spacial score (nSPS) is 14.9. The van der Waals surface area contributed by atoms with Crippen molar-refractivity contribution in [1.82, 2.24) is 29.3 Å². The van der Waals surface area contributed by atoms with Crippen molar-refractivity contribution < 1.29 is 13.6 Å². The third-order valence-electron chi connectivity index (χ3n) is 6.73. The minimum absolute atomic E-state index is 0.235. The van der Waals surface area contributed by atoms with Gasteiger partial charge in [0.2, 0.25) is 6.41 Å². The largest absolute Gasteiger partial charge is 0.340 e. The second kappa shape index (κ2) is 11.3. The maximum Gasteiger partial charge on any atom is 0.210 e. The third-order valence-corrected chi connectivity index (χ3v) is 6.73. The number of hydrogen-bond acceptors (Lipinski definition) is 4. The average Bonchev–Trinajstić information content (AvgIpc) is 3.66. The van der Waals surface area contributed by atoms with Crippen LogP contribution in [0.15, 0.2) is 79.4 Å². The lowest BCUT2D eigenvalue weighted by Gasteiger charge is -2.19. The molecule has 9 heteroatoms. The first-order valence-corrected chi connectivity index (χ1v) is 12.5. The molecule has 5 aromatic rings. The maximum absolute atomic E-state index is 13.7. The van der Waals surface area contributed by atoms with Gasteiger partial charge in [-0.3, -0.25) is 14.5 Å². The molecule has 0 N–H and O–H groups in total. The highest BCUT2D eigenvalue weighted by molar-refractivity contribution is 5.72. The molecule has 1 aliphatic heterocycles. The summed E-state index contributed by atoms with van der Waals surface area (Å²) >= 11 is 0. The molecule has 1 atom stereocenters. The number of fused-ring (bicyclic) bond motifs is 1. The molecule has 1 unspecified atom stereocenters. The second-order valence-electron chi connectivity index (χ2n) is 9.34. The van der Waals surface area contributed by atoms with Crippen molar-refractivity contribution in [3.63, 3.8) is 0 Å². The van der Waals surface area contributed by atoms with Gasteiger partial charge in [-0.05, 0) is 61.7 Å². The van der Waals surface area contributed by atoms with E-state index in [-0.39, 0.29) is 17.7 Å². The molecular weight excluding hydrogens is 486 g/mol. The summed E-state index contributed by atoms with van der Waals surface area (Å²) in [6, 6.07) is 15.9. The van der Waals surface area contributed by atoms with E-state index < -0.39 is 0 Å². The number of carbonyl (C=O) groups is 1. The Hall–Kier alpha value is -4.40. The van der Waals surface area contributed by atoms with Crippen LogP contribution >= 0.6 is 0 Å². The van der Waals surface area contributed by atoms with Crippen LogP contribution in [-0.2, 0) is 17.8 Å². The highest BCUT2D eigenvalue weighted by Gasteiger charge is 2.23. The number of aryl methyl sites for hydroxylation is 1. The predicted molar refractivity (Wildman–Crippen MR) is 140 cm³/mol.